The maximum Gasteiger partial charge on any atom is 0.306 e. The third kappa shape index (κ3) is 24.3. The normalized spacial score (nSPS) is 27.6. The summed E-state index contributed by atoms with van der Waals surface area (Å²) in [6.07, 6.45) is 23.2. The van der Waals surface area contributed by atoms with Crippen LogP contribution in [0.2, 0.25) is 0 Å². The zero-order chi connectivity index (χ0) is 45.2. The highest BCUT2D eigenvalue weighted by Crippen LogP contribution is 2.26. The van der Waals surface area contributed by atoms with Crippen molar-refractivity contribution in [2.24, 2.45) is 0 Å². The van der Waals surface area contributed by atoms with E-state index in [1.54, 1.807) is 0 Å². The number of carbonyl (C=O) groups excluding carboxylic acids is 1. The quantitative estimate of drug-likeness (QED) is 0.0218. The Morgan fingerprint density at radius 3 is 1.66 bits per heavy atom. The van der Waals surface area contributed by atoms with Crippen molar-refractivity contribution < 1.29 is 69.0 Å². The Bertz CT molecular complexity index is 1210. The lowest BCUT2D eigenvalue weighted by molar-refractivity contribution is -0.332. The Balaban J connectivity index is 1.79. The van der Waals surface area contributed by atoms with Crippen LogP contribution in [0.3, 0.4) is 0 Å². The fraction of sp³-hybridized carbons (Fsp3) is 0.812. The predicted molar refractivity (Wildman–Crippen MR) is 238 cm³/mol. The summed E-state index contributed by atoms with van der Waals surface area (Å²) in [5.74, 6) is -0.392. The second-order valence-electron chi connectivity index (χ2n) is 16.5. The van der Waals surface area contributed by atoms with Gasteiger partial charge in [-0.2, -0.15) is 0 Å². The van der Waals surface area contributed by atoms with Crippen LogP contribution in [0.1, 0.15) is 149 Å². The molecule has 2 saturated heterocycles. The predicted octanol–water partition coefficient (Wildman–Crippen LogP) is 6.01. The number of aliphatic hydroxyl groups excluding tert-OH is 7. The van der Waals surface area contributed by atoms with Crippen LogP contribution < -0.4 is 0 Å². The van der Waals surface area contributed by atoms with E-state index in [4.69, 9.17) is 28.4 Å². The lowest BCUT2D eigenvalue weighted by atomic mass is 9.98. The largest absolute Gasteiger partial charge is 0.457 e. The lowest BCUT2D eigenvalue weighted by Crippen LogP contribution is -2.61. The van der Waals surface area contributed by atoms with Crippen LogP contribution in [0.25, 0.3) is 0 Å². The zero-order valence-electron chi connectivity index (χ0n) is 37.8. The summed E-state index contributed by atoms with van der Waals surface area (Å²) in [6.45, 7) is 3.47. The molecule has 2 fully saturated rings. The number of hydrogen-bond acceptors (Lipinski definition) is 14. The molecule has 14 heteroatoms. The van der Waals surface area contributed by atoms with Crippen molar-refractivity contribution in [3.8, 4) is 0 Å². The number of rotatable bonds is 36. The average Bonchev–Trinajstić information content (AvgIpc) is 3.27. The zero-order valence-corrected chi connectivity index (χ0v) is 37.8. The molecule has 0 amide bonds. The van der Waals surface area contributed by atoms with Crippen LogP contribution in [0.4, 0.5) is 0 Å². The molecule has 2 aliphatic heterocycles. The molecule has 0 saturated carbocycles. The molecule has 7 N–H and O–H groups in total. The van der Waals surface area contributed by atoms with Gasteiger partial charge in [0.2, 0.25) is 0 Å². The number of hydrogen-bond donors (Lipinski definition) is 7. The fourth-order valence-corrected chi connectivity index (χ4v) is 7.18. The molecular formula is C48H84O14. The summed E-state index contributed by atoms with van der Waals surface area (Å²) in [5.41, 5.74) is 0. The van der Waals surface area contributed by atoms with Crippen LogP contribution >= 0.6 is 0 Å². The maximum atomic E-state index is 13.0. The molecule has 2 aliphatic rings. The first-order valence-corrected chi connectivity index (χ1v) is 23.7. The number of unbranched alkanes of at least 4 members (excludes halogenated alkanes) is 14. The minimum atomic E-state index is -1.71. The van der Waals surface area contributed by atoms with Gasteiger partial charge in [-0.25, -0.2) is 0 Å². The van der Waals surface area contributed by atoms with Crippen molar-refractivity contribution in [2.75, 3.05) is 33.0 Å². The smallest absolute Gasteiger partial charge is 0.306 e. The van der Waals surface area contributed by atoms with E-state index < -0.39 is 86.7 Å². The Morgan fingerprint density at radius 1 is 0.548 bits per heavy atom. The van der Waals surface area contributed by atoms with Crippen LogP contribution in [-0.4, -0.2) is 142 Å². The van der Waals surface area contributed by atoms with E-state index in [0.717, 1.165) is 83.5 Å². The first-order valence-electron chi connectivity index (χ1n) is 23.7. The molecule has 14 nitrogen and oxygen atoms in total. The lowest BCUT2D eigenvalue weighted by Gasteiger charge is -2.42. The minimum Gasteiger partial charge on any atom is -0.457 e. The Kier molecular flexibility index (Phi) is 32.7. The van der Waals surface area contributed by atoms with E-state index in [1.807, 2.05) is 0 Å². The highest BCUT2D eigenvalue weighted by molar-refractivity contribution is 5.69. The molecule has 11 unspecified atom stereocenters. The average molecular weight is 885 g/mol. The summed E-state index contributed by atoms with van der Waals surface area (Å²) in [5, 5.41) is 71.9. The van der Waals surface area contributed by atoms with Gasteiger partial charge in [0.25, 0.3) is 0 Å². The van der Waals surface area contributed by atoms with E-state index in [1.165, 1.54) is 38.5 Å². The van der Waals surface area contributed by atoms with Gasteiger partial charge in [-0.3, -0.25) is 4.79 Å². The summed E-state index contributed by atoms with van der Waals surface area (Å²) in [7, 11) is 0. The van der Waals surface area contributed by atoms with Crippen LogP contribution in [0.15, 0.2) is 48.6 Å². The SMILES string of the molecule is CC/C=C\C/C=C\C/C=C\CCCCCCCCCC(=O)OC(COCCCCCCCC/C=C\CCC)COC1OC(COC2OC(CO)C(O)C(O)C2O)C(O)C(O)C1O. The summed E-state index contributed by atoms with van der Waals surface area (Å²) in [6, 6.07) is 0. The molecule has 11 atom stereocenters. The van der Waals surface area contributed by atoms with Crippen molar-refractivity contribution in [3.05, 3.63) is 48.6 Å². The Hall–Kier alpha value is -2.05. The molecule has 62 heavy (non-hydrogen) atoms. The van der Waals surface area contributed by atoms with Crippen molar-refractivity contribution in [2.45, 2.75) is 216 Å². The van der Waals surface area contributed by atoms with Gasteiger partial charge in [0.15, 0.2) is 12.6 Å². The van der Waals surface area contributed by atoms with Crippen LogP contribution in [0, 0.1) is 0 Å². The fourth-order valence-electron chi connectivity index (χ4n) is 7.18. The van der Waals surface area contributed by atoms with E-state index >= 15 is 0 Å². The van der Waals surface area contributed by atoms with Gasteiger partial charge in [-0.15, -0.1) is 0 Å². The van der Waals surface area contributed by atoms with Crippen LogP contribution in [-0.2, 0) is 33.2 Å². The summed E-state index contributed by atoms with van der Waals surface area (Å²) >= 11 is 0. The van der Waals surface area contributed by atoms with Gasteiger partial charge >= 0.3 is 5.97 Å². The molecule has 0 aromatic rings. The molecule has 0 bridgehead atoms. The number of ether oxygens (including phenoxy) is 6. The maximum absolute atomic E-state index is 13.0. The number of carbonyl (C=O) groups is 1. The first-order chi connectivity index (χ1) is 30.1. The summed E-state index contributed by atoms with van der Waals surface area (Å²) in [4.78, 5) is 13.0. The van der Waals surface area contributed by atoms with Gasteiger partial charge in [0.1, 0.15) is 54.9 Å². The third-order valence-electron chi connectivity index (χ3n) is 11.1. The van der Waals surface area contributed by atoms with E-state index in [2.05, 4.69) is 62.5 Å². The van der Waals surface area contributed by atoms with Gasteiger partial charge in [0.05, 0.1) is 26.4 Å². The highest BCUT2D eigenvalue weighted by atomic mass is 16.7. The molecule has 0 spiro atoms. The Labute approximate surface area is 372 Å². The monoisotopic (exact) mass is 885 g/mol. The van der Waals surface area contributed by atoms with E-state index in [9.17, 15) is 40.5 Å². The second-order valence-corrected chi connectivity index (χ2v) is 16.5. The van der Waals surface area contributed by atoms with Gasteiger partial charge in [0, 0.05) is 13.0 Å². The third-order valence-corrected chi connectivity index (χ3v) is 11.1. The molecule has 2 heterocycles. The molecule has 2 rings (SSSR count). The second kappa shape index (κ2) is 36.2. The van der Waals surface area contributed by atoms with E-state index in [-0.39, 0.29) is 19.6 Å². The van der Waals surface area contributed by atoms with E-state index in [0.29, 0.717) is 13.0 Å². The van der Waals surface area contributed by atoms with Crippen LogP contribution in [0.5, 0.6) is 0 Å². The topological polar surface area (TPSA) is 214 Å². The first kappa shape index (κ1) is 56.1. The van der Waals surface area contributed by atoms with Crippen molar-refractivity contribution in [3.63, 3.8) is 0 Å². The number of allylic oxidation sites excluding steroid dienone is 8. The van der Waals surface area contributed by atoms with Gasteiger partial charge < -0.3 is 64.2 Å². The minimum absolute atomic E-state index is 0.0516. The van der Waals surface area contributed by atoms with Crippen molar-refractivity contribution in [1.29, 1.82) is 0 Å². The molecule has 360 valence electrons. The molecule has 0 aromatic carbocycles. The standard InChI is InChI=1S/C48H84O14/c1-3-5-7-9-11-13-15-16-17-18-19-20-21-23-25-27-29-31-40(50)60-37(34-57-32-30-28-26-24-22-14-12-10-8-6-4-2)35-58-47-46(56)44(54)42(52)39(62-47)36-59-48-45(55)43(53)41(51)38(33-49)61-48/h5,7-8,10-11,13,16-17,37-39,41-49,51-56H,3-4,6,9,12,14-15,18-36H2,1-2H3/b7-5-,10-8-,13-11-,17-16-. The van der Waals surface area contributed by atoms with Gasteiger partial charge in [-0.05, 0) is 64.2 Å². The number of aliphatic hydroxyl groups is 7. The van der Waals surface area contributed by atoms with Crippen molar-refractivity contribution in [1.82, 2.24) is 0 Å². The molecule has 0 radical (unpaired) electrons. The molecule has 0 aromatic heterocycles. The summed E-state index contributed by atoms with van der Waals surface area (Å²) < 4.78 is 34.1. The number of esters is 1. The Morgan fingerprint density at radius 2 is 1.05 bits per heavy atom. The van der Waals surface area contributed by atoms with Crippen molar-refractivity contribution >= 4 is 5.97 Å². The highest BCUT2D eigenvalue weighted by Gasteiger charge is 2.47. The molecular weight excluding hydrogens is 801 g/mol. The van der Waals surface area contributed by atoms with Gasteiger partial charge in [-0.1, -0.05) is 127 Å². The molecule has 0 aliphatic carbocycles.